The van der Waals surface area contributed by atoms with Gasteiger partial charge in [0.15, 0.2) is 0 Å². The van der Waals surface area contributed by atoms with E-state index in [-0.39, 0.29) is 5.92 Å². The van der Waals surface area contributed by atoms with Crippen molar-refractivity contribution in [3.63, 3.8) is 0 Å². The molecule has 1 aliphatic heterocycles. The summed E-state index contributed by atoms with van der Waals surface area (Å²) in [6, 6.07) is 0. The van der Waals surface area contributed by atoms with Gasteiger partial charge in [-0.05, 0) is 0 Å². The molecule has 1 nitrogen and oxygen atoms in total. The Hall–Kier alpha value is 0.540. The Bertz CT molecular complexity index is 81.8. The molecule has 1 fully saturated rings. The van der Waals surface area contributed by atoms with E-state index in [4.69, 9.17) is 27.9 Å². The Kier molecular flexibility index (Phi) is 1.22. The highest BCUT2D eigenvalue weighted by Gasteiger charge is 2.41. The average molecular weight is 141 g/mol. The lowest BCUT2D eigenvalue weighted by atomic mass is 10.1. The van der Waals surface area contributed by atoms with E-state index in [2.05, 4.69) is 0 Å². The van der Waals surface area contributed by atoms with Crippen molar-refractivity contribution in [3.05, 3.63) is 0 Å². The van der Waals surface area contributed by atoms with Crippen molar-refractivity contribution in [2.75, 3.05) is 6.61 Å². The molecule has 1 rings (SSSR count). The summed E-state index contributed by atoms with van der Waals surface area (Å²) in [5.41, 5.74) is 0. The van der Waals surface area contributed by atoms with Crippen LogP contribution in [0.25, 0.3) is 0 Å². The van der Waals surface area contributed by atoms with Crippen LogP contribution < -0.4 is 0 Å². The smallest absolute Gasteiger partial charge is 0.222 e. The molecule has 1 unspecified atom stereocenters. The summed E-state index contributed by atoms with van der Waals surface area (Å²) in [5.74, 6) is 0.288. The Morgan fingerprint density at radius 3 is 2.14 bits per heavy atom. The highest BCUT2D eigenvalue weighted by Crippen LogP contribution is 2.40. The van der Waals surface area contributed by atoms with Crippen LogP contribution in [0.5, 0.6) is 0 Å². The first kappa shape index (κ1) is 5.67. The monoisotopic (exact) mass is 140 g/mol. The molecule has 0 aromatic rings. The summed E-state index contributed by atoms with van der Waals surface area (Å²) in [7, 11) is 0. The standard InChI is InChI=1S/C4H6Cl2O/c1-3-2-7-4(3,5)6/h3H,2H2,1H3. The molecule has 1 aliphatic rings. The molecule has 1 saturated heterocycles. The quantitative estimate of drug-likeness (QED) is 0.467. The van der Waals surface area contributed by atoms with E-state index in [0.717, 1.165) is 0 Å². The van der Waals surface area contributed by atoms with Gasteiger partial charge >= 0.3 is 0 Å². The van der Waals surface area contributed by atoms with Crippen molar-refractivity contribution in [1.29, 1.82) is 0 Å². The van der Waals surface area contributed by atoms with Crippen LogP contribution in [-0.4, -0.2) is 11.1 Å². The van der Waals surface area contributed by atoms with Crippen molar-refractivity contribution in [2.24, 2.45) is 5.92 Å². The van der Waals surface area contributed by atoms with Gasteiger partial charge < -0.3 is 4.74 Å². The van der Waals surface area contributed by atoms with Crippen molar-refractivity contribution in [1.82, 2.24) is 0 Å². The van der Waals surface area contributed by atoms with Crippen molar-refractivity contribution < 1.29 is 4.74 Å². The van der Waals surface area contributed by atoms with Gasteiger partial charge in [-0.2, -0.15) is 0 Å². The minimum absolute atomic E-state index is 0.288. The zero-order chi connectivity index (χ0) is 5.49. The van der Waals surface area contributed by atoms with E-state index < -0.39 is 4.52 Å². The van der Waals surface area contributed by atoms with Crippen LogP contribution in [0, 0.1) is 5.92 Å². The van der Waals surface area contributed by atoms with Gasteiger partial charge in [-0.25, -0.2) is 0 Å². The first-order valence-electron chi connectivity index (χ1n) is 2.15. The maximum atomic E-state index is 5.50. The molecular weight excluding hydrogens is 135 g/mol. The van der Waals surface area contributed by atoms with Gasteiger partial charge in [0.1, 0.15) is 0 Å². The van der Waals surface area contributed by atoms with E-state index in [0.29, 0.717) is 6.61 Å². The van der Waals surface area contributed by atoms with Gasteiger partial charge in [0.25, 0.3) is 0 Å². The molecular formula is C4H6Cl2O. The van der Waals surface area contributed by atoms with E-state index in [1.807, 2.05) is 6.92 Å². The molecule has 0 bridgehead atoms. The summed E-state index contributed by atoms with van der Waals surface area (Å²) < 4.78 is 3.89. The molecule has 0 saturated carbocycles. The molecule has 0 aliphatic carbocycles. The molecule has 0 aromatic heterocycles. The lowest BCUT2D eigenvalue weighted by Gasteiger charge is -2.36. The van der Waals surface area contributed by atoms with E-state index in [1.54, 1.807) is 0 Å². The summed E-state index contributed by atoms with van der Waals surface area (Å²) >= 11 is 11.0. The first-order chi connectivity index (χ1) is 3.13. The zero-order valence-electron chi connectivity index (χ0n) is 3.95. The number of alkyl halides is 2. The maximum absolute atomic E-state index is 5.50. The predicted octanol–water partition coefficient (Wildman–Crippen LogP) is 1.78. The highest BCUT2D eigenvalue weighted by atomic mass is 35.5. The van der Waals surface area contributed by atoms with Crippen LogP contribution in [0.2, 0.25) is 0 Å². The summed E-state index contributed by atoms with van der Waals surface area (Å²) in [4.78, 5) is 0. The predicted molar refractivity (Wildman–Crippen MR) is 29.6 cm³/mol. The number of ether oxygens (including phenoxy) is 1. The van der Waals surface area contributed by atoms with Crippen LogP contribution in [0.15, 0.2) is 0 Å². The second kappa shape index (κ2) is 1.51. The van der Waals surface area contributed by atoms with Crippen molar-refractivity contribution >= 4 is 23.2 Å². The largest absolute Gasteiger partial charge is 0.346 e. The Morgan fingerprint density at radius 1 is 1.71 bits per heavy atom. The minimum Gasteiger partial charge on any atom is -0.346 e. The average Bonchev–Trinajstić information content (AvgIpc) is 1.63. The lowest BCUT2D eigenvalue weighted by Crippen LogP contribution is -2.42. The fourth-order valence-corrected chi connectivity index (χ4v) is 0.628. The molecule has 3 heteroatoms. The maximum Gasteiger partial charge on any atom is 0.222 e. The van der Waals surface area contributed by atoms with Crippen LogP contribution in [0.4, 0.5) is 0 Å². The molecule has 0 N–H and O–H groups in total. The Balaban J connectivity index is 2.43. The summed E-state index contributed by atoms with van der Waals surface area (Å²) in [6.45, 7) is 2.64. The van der Waals surface area contributed by atoms with Crippen LogP contribution in [-0.2, 0) is 4.74 Å². The molecule has 0 aromatic carbocycles. The third kappa shape index (κ3) is 0.857. The fraction of sp³-hybridized carbons (Fsp3) is 1.00. The van der Waals surface area contributed by atoms with Crippen LogP contribution in [0.1, 0.15) is 6.92 Å². The highest BCUT2D eigenvalue weighted by molar-refractivity contribution is 6.47. The third-order valence-electron chi connectivity index (χ3n) is 1.10. The van der Waals surface area contributed by atoms with Crippen molar-refractivity contribution in [3.8, 4) is 0 Å². The van der Waals surface area contributed by atoms with Gasteiger partial charge in [0.05, 0.1) is 6.61 Å². The van der Waals surface area contributed by atoms with Crippen LogP contribution in [0.3, 0.4) is 0 Å². The molecule has 7 heavy (non-hydrogen) atoms. The normalized spacial score (nSPS) is 37.3. The van der Waals surface area contributed by atoms with Crippen LogP contribution >= 0.6 is 23.2 Å². The van der Waals surface area contributed by atoms with Gasteiger partial charge in [0.2, 0.25) is 4.52 Å². The molecule has 0 radical (unpaired) electrons. The van der Waals surface area contributed by atoms with E-state index in [9.17, 15) is 0 Å². The van der Waals surface area contributed by atoms with Gasteiger partial charge in [0, 0.05) is 5.92 Å². The Labute approximate surface area is 52.5 Å². The SMILES string of the molecule is CC1COC1(Cl)Cl. The van der Waals surface area contributed by atoms with Gasteiger partial charge in [-0.1, -0.05) is 30.1 Å². The number of rotatable bonds is 0. The van der Waals surface area contributed by atoms with Crippen molar-refractivity contribution in [2.45, 2.75) is 11.4 Å². The third-order valence-corrected chi connectivity index (χ3v) is 2.06. The van der Waals surface area contributed by atoms with E-state index >= 15 is 0 Å². The summed E-state index contributed by atoms with van der Waals surface area (Å²) in [5, 5.41) is 0. The molecule has 0 spiro atoms. The fourth-order valence-electron chi connectivity index (χ4n) is 0.376. The number of halogens is 2. The zero-order valence-corrected chi connectivity index (χ0v) is 5.46. The Morgan fingerprint density at radius 2 is 2.14 bits per heavy atom. The summed E-state index contributed by atoms with van der Waals surface area (Å²) in [6.07, 6.45) is 0. The first-order valence-corrected chi connectivity index (χ1v) is 2.90. The molecule has 0 amide bonds. The second-order valence-electron chi connectivity index (χ2n) is 1.77. The topological polar surface area (TPSA) is 9.23 Å². The minimum atomic E-state index is -0.875. The molecule has 1 heterocycles. The number of hydrogen-bond acceptors (Lipinski definition) is 1. The second-order valence-corrected chi connectivity index (χ2v) is 3.09. The molecule has 42 valence electrons. The van der Waals surface area contributed by atoms with E-state index in [1.165, 1.54) is 0 Å². The molecule has 1 atom stereocenters. The lowest BCUT2D eigenvalue weighted by molar-refractivity contribution is -0.0843. The van der Waals surface area contributed by atoms with Gasteiger partial charge in [-0.15, -0.1) is 0 Å². The number of hydrogen-bond donors (Lipinski definition) is 0. The van der Waals surface area contributed by atoms with Gasteiger partial charge in [-0.3, -0.25) is 0 Å².